The van der Waals surface area contributed by atoms with Crippen LogP contribution in [0.1, 0.15) is 36.5 Å². The van der Waals surface area contributed by atoms with Crippen LogP contribution in [0.4, 0.5) is 0 Å². The lowest BCUT2D eigenvalue weighted by Crippen LogP contribution is -2.25. The molecule has 0 aliphatic rings. The van der Waals surface area contributed by atoms with Crippen molar-refractivity contribution in [1.29, 1.82) is 0 Å². The van der Waals surface area contributed by atoms with Gasteiger partial charge in [-0.15, -0.1) is 5.10 Å². The predicted octanol–water partition coefficient (Wildman–Crippen LogP) is 0.595. The van der Waals surface area contributed by atoms with E-state index >= 15 is 0 Å². The standard InChI is InChI=1S/C13H21N3O5/c1-13(2,21-5)6-7-16-9(8-10(17)19-3)11(14-15-16)12(18)20-4/h6-8H2,1-5H3. The quantitative estimate of drug-likeness (QED) is 0.680. The van der Waals surface area contributed by atoms with Gasteiger partial charge in [0.05, 0.1) is 31.9 Å². The largest absolute Gasteiger partial charge is 0.469 e. The van der Waals surface area contributed by atoms with Crippen LogP contribution in [0.25, 0.3) is 0 Å². The van der Waals surface area contributed by atoms with E-state index in [9.17, 15) is 9.59 Å². The van der Waals surface area contributed by atoms with Gasteiger partial charge in [-0.05, 0) is 20.3 Å². The van der Waals surface area contributed by atoms with Crippen LogP contribution in [-0.2, 0) is 32.0 Å². The first-order chi connectivity index (χ1) is 9.84. The van der Waals surface area contributed by atoms with Gasteiger partial charge in [0.1, 0.15) is 0 Å². The number of methoxy groups -OCH3 is 3. The zero-order chi connectivity index (χ0) is 16.0. The highest BCUT2D eigenvalue weighted by molar-refractivity contribution is 5.89. The Labute approximate surface area is 123 Å². The van der Waals surface area contributed by atoms with Crippen LogP contribution in [0.5, 0.6) is 0 Å². The van der Waals surface area contributed by atoms with Crippen molar-refractivity contribution in [2.24, 2.45) is 0 Å². The first-order valence-corrected chi connectivity index (χ1v) is 6.47. The van der Waals surface area contributed by atoms with Crippen molar-refractivity contribution in [2.75, 3.05) is 21.3 Å². The lowest BCUT2D eigenvalue weighted by Gasteiger charge is -2.22. The molecular weight excluding hydrogens is 278 g/mol. The second-order valence-corrected chi connectivity index (χ2v) is 5.07. The van der Waals surface area contributed by atoms with E-state index in [1.54, 1.807) is 7.11 Å². The molecule has 0 aliphatic heterocycles. The molecule has 1 heterocycles. The van der Waals surface area contributed by atoms with Crippen LogP contribution >= 0.6 is 0 Å². The van der Waals surface area contributed by atoms with Crippen molar-refractivity contribution in [3.8, 4) is 0 Å². The van der Waals surface area contributed by atoms with E-state index in [0.29, 0.717) is 18.7 Å². The Bertz CT molecular complexity index is 510. The molecule has 1 aromatic heterocycles. The zero-order valence-corrected chi connectivity index (χ0v) is 13.0. The smallest absolute Gasteiger partial charge is 0.360 e. The van der Waals surface area contributed by atoms with Gasteiger partial charge < -0.3 is 14.2 Å². The number of esters is 2. The number of carbonyl (C=O) groups excluding carboxylic acids is 2. The average molecular weight is 299 g/mol. The van der Waals surface area contributed by atoms with Crippen LogP contribution < -0.4 is 0 Å². The van der Waals surface area contributed by atoms with Gasteiger partial charge in [-0.2, -0.15) is 0 Å². The first kappa shape index (κ1) is 17.1. The third-order valence-corrected chi connectivity index (χ3v) is 3.23. The predicted molar refractivity (Wildman–Crippen MR) is 72.8 cm³/mol. The topological polar surface area (TPSA) is 92.5 Å². The fourth-order valence-corrected chi connectivity index (χ4v) is 1.63. The molecule has 118 valence electrons. The van der Waals surface area contributed by atoms with Gasteiger partial charge in [-0.3, -0.25) is 4.79 Å². The molecule has 8 heteroatoms. The number of hydrogen-bond donors (Lipinski definition) is 0. The van der Waals surface area contributed by atoms with E-state index in [1.165, 1.54) is 18.9 Å². The minimum absolute atomic E-state index is 0.0260. The highest BCUT2D eigenvalue weighted by Gasteiger charge is 2.24. The van der Waals surface area contributed by atoms with Crippen LogP contribution in [-0.4, -0.2) is 53.9 Å². The van der Waals surface area contributed by atoms with Gasteiger partial charge in [0.2, 0.25) is 0 Å². The molecule has 0 N–H and O–H groups in total. The molecular formula is C13H21N3O5. The summed E-state index contributed by atoms with van der Waals surface area (Å²) in [7, 11) is 4.15. The number of rotatable bonds is 7. The van der Waals surface area contributed by atoms with Gasteiger partial charge in [0.15, 0.2) is 5.69 Å². The van der Waals surface area contributed by atoms with Gasteiger partial charge in [-0.25, -0.2) is 9.48 Å². The number of hydrogen-bond acceptors (Lipinski definition) is 7. The van der Waals surface area contributed by atoms with E-state index in [1.807, 2.05) is 13.8 Å². The van der Waals surface area contributed by atoms with Crippen molar-refractivity contribution >= 4 is 11.9 Å². The summed E-state index contributed by atoms with van der Waals surface area (Å²) in [5, 5.41) is 7.70. The van der Waals surface area contributed by atoms with E-state index in [2.05, 4.69) is 19.8 Å². The minimum atomic E-state index is -0.633. The number of ether oxygens (including phenoxy) is 3. The van der Waals surface area contributed by atoms with Crippen LogP contribution in [0, 0.1) is 0 Å². The maximum Gasteiger partial charge on any atom is 0.360 e. The molecule has 0 amide bonds. The summed E-state index contributed by atoms with van der Waals surface area (Å²) in [5.41, 5.74) is 0.0543. The molecule has 0 aliphatic carbocycles. The zero-order valence-electron chi connectivity index (χ0n) is 13.0. The summed E-state index contributed by atoms with van der Waals surface area (Å²) in [6.45, 7) is 4.33. The number of aromatic nitrogens is 3. The summed E-state index contributed by atoms with van der Waals surface area (Å²) >= 11 is 0. The van der Waals surface area contributed by atoms with E-state index < -0.39 is 11.9 Å². The molecule has 21 heavy (non-hydrogen) atoms. The number of nitrogens with zero attached hydrogens (tertiary/aromatic N) is 3. The second kappa shape index (κ2) is 7.16. The Morgan fingerprint density at radius 2 is 1.86 bits per heavy atom. The van der Waals surface area contributed by atoms with E-state index in [4.69, 9.17) is 4.74 Å². The fourth-order valence-electron chi connectivity index (χ4n) is 1.63. The fraction of sp³-hybridized carbons (Fsp3) is 0.692. The monoisotopic (exact) mass is 299 g/mol. The molecule has 0 atom stereocenters. The highest BCUT2D eigenvalue weighted by atomic mass is 16.5. The highest BCUT2D eigenvalue weighted by Crippen LogP contribution is 2.16. The molecule has 0 aromatic carbocycles. The summed E-state index contributed by atoms with van der Waals surface area (Å²) < 4.78 is 16.1. The SMILES string of the molecule is COC(=O)Cc1c(C(=O)OC)nnn1CCC(C)(C)OC. The van der Waals surface area contributed by atoms with Crippen molar-refractivity contribution in [3.63, 3.8) is 0 Å². The Kier molecular flexibility index (Phi) is 5.83. The lowest BCUT2D eigenvalue weighted by molar-refractivity contribution is -0.139. The number of carbonyl (C=O) groups is 2. The normalized spacial score (nSPS) is 11.3. The Balaban J connectivity index is 3.00. The van der Waals surface area contributed by atoms with Crippen molar-refractivity contribution < 1.29 is 23.8 Å². The van der Waals surface area contributed by atoms with Crippen molar-refractivity contribution in [1.82, 2.24) is 15.0 Å². The minimum Gasteiger partial charge on any atom is -0.469 e. The van der Waals surface area contributed by atoms with Gasteiger partial charge >= 0.3 is 11.9 Å². The van der Waals surface area contributed by atoms with E-state index in [-0.39, 0.29) is 17.7 Å². The molecule has 0 unspecified atom stereocenters. The Morgan fingerprint density at radius 3 is 2.38 bits per heavy atom. The molecule has 8 nitrogen and oxygen atoms in total. The van der Waals surface area contributed by atoms with Crippen LogP contribution in [0.2, 0.25) is 0 Å². The third kappa shape index (κ3) is 4.52. The maximum atomic E-state index is 11.7. The summed E-state index contributed by atoms with van der Waals surface area (Å²) in [5.74, 6) is -1.11. The molecule has 0 bridgehead atoms. The van der Waals surface area contributed by atoms with E-state index in [0.717, 1.165) is 0 Å². The van der Waals surface area contributed by atoms with Gasteiger partial charge in [0, 0.05) is 13.7 Å². The van der Waals surface area contributed by atoms with Crippen molar-refractivity contribution in [2.45, 2.75) is 38.8 Å². The van der Waals surface area contributed by atoms with Crippen LogP contribution in [0.3, 0.4) is 0 Å². The lowest BCUT2D eigenvalue weighted by atomic mass is 10.1. The molecule has 0 saturated heterocycles. The first-order valence-electron chi connectivity index (χ1n) is 6.47. The number of aryl methyl sites for hydroxylation is 1. The second-order valence-electron chi connectivity index (χ2n) is 5.07. The van der Waals surface area contributed by atoms with Gasteiger partial charge in [0.25, 0.3) is 0 Å². The molecule has 0 spiro atoms. The van der Waals surface area contributed by atoms with Crippen LogP contribution in [0.15, 0.2) is 0 Å². The average Bonchev–Trinajstić information content (AvgIpc) is 2.87. The molecule has 0 saturated carbocycles. The molecule has 1 rings (SSSR count). The summed E-state index contributed by atoms with van der Waals surface area (Å²) in [6, 6.07) is 0. The third-order valence-electron chi connectivity index (χ3n) is 3.23. The Hall–Kier alpha value is -1.96. The van der Waals surface area contributed by atoms with Gasteiger partial charge in [-0.1, -0.05) is 5.21 Å². The van der Waals surface area contributed by atoms with Crippen molar-refractivity contribution in [3.05, 3.63) is 11.4 Å². The molecule has 0 radical (unpaired) electrons. The summed E-state index contributed by atoms with van der Waals surface area (Å²) in [6.07, 6.45) is 0.545. The molecule has 0 fully saturated rings. The Morgan fingerprint density at radius 1 is 1.19 bits per heavy atom. The molecule has 1 aromatic rings. The summed E-state index contributed by atoms with van der Waals surface area (Å²) in [4.78, 5) is 23.1. The maximum absolute atomic E-state index is 11.7.